The number of aliphatic hydroxyl groups is 2. The molecule has 4 N–H and O–H groups in total. The minimum Gasteiger partial charge on any atom is -0.394 e. The topological polar surface area (TPSA) is 129 Å². The zero-order valence-electron chi connectivity index (χ0n) is 12.5. The van der Waals surface area contributed by atoms with Gasteiger partial charge in [-0.15, -0.1) is 0 Å². The molecule has 1 fully saturated rings. The van der Waals surface area contributed by atoms with Crippen molar-refractivity contribution in [3.63, 3.8) is 0 Å². The van der Waals surface area contributed by atoms with Gasteiger partial charge in [0.1, 0.15) is 24.1 Å². The van der Waals surface area contributed by atoms with E-state index in [0.29, 0.717) is 12.2 Å². The molecule has 0 aromatic carbocycles. The third-order valence-electron chi connectivity index (χ3n) is 3.54. The Kier molecular flexibility index (Phi) is 5.48. The third-order valence-corrected chi connectivity index (χ3v) is 3.54. The predicted octanol–water partition coefficient (Wildman–Crippen LogP) is -1.58. The number of hydrogen-bond donors (Lipinski definition) is 3. The SMILES string of the molecule is COCCO[C@H]1[C@@H](O)[C@@H](CO)O[C@H]1n1cc(C)c(N)nc1=O. The number of anilines is 1. The van der Waals surface area contributed by atoms with Gasteiger partial charge in [0, 0.05) is 18.9 Å². The molecule has 22 heavy (non-hydrogen) atoms. The normalized spacial score (nSPS) is 28.2. The second-order valence-corrected chi connectivity index (χ2v) is 5.07. The van der Waals surface area contributed by atoms with Gasteiger partial charge in [0.2, 0.25) is 0 Å². The number of aromatic nitrogens is 2. The summed E-state index contributed by atoms with van der Waals surface area (Å²) >= 11 is 0. The van der Waals surface area contributed by atoms with Crippen LogP contribution in [0.25, 0.3) is 0 Å². The van der Waals surface area contributed by atoms with Crippen LogP contribution < -0.4 is 11.4 Å². The fourth-order valence-electron chi connectivity index (χ4n) is 2.30. The molecule has 1 saturated heterocycles. The second kappa shape index (κ2) is 7.16. The van der Waals surface area contributed by atoms with E-state index in [1.54, 1.807) is 6.92 Å². The molecule has 0 amide bonds. The van der Waals surface area contributed by atoms with Crippen LogP contribution in [0.3, 0.4) is 0 Å². The van der Waals surface area contributed by atoms with E-state index < -0.39 is 36.8 Å². The number of nitrogens with zero attached hydrogens (tertiary/aromatic N) is 2. The smallest absolute Gasteiger partial charge is 0.351 e. The van der Waals surface area contributed by atoms with E-state index in [1.807, 2.05) is 0 Å². The molecule has 9 heteroatoms. The van der Waals surface area contributed by atoms with Crippen molar-refractivity contribution in [2.45, 2.75) is 31.5 Å². The Morgan fingerprint density at radius 3 is 2.86 bits per heavy atom. The highest BCUT2D eigenvalue weighted by Crippen LogP contribution is 2.31. The molecule has 2 rings (SSSR count). The molecule has 4 atom stereocenters. The second-order valence-electron chi connectivity index (χ2n) is 5.07. The van der Waals surface area contributed by atoms with Gasteiger partial charge in [-0.2, -0.15) is 4.98 Å². The first-order chi connectivity index (χ1) is 10.5. The fourth-order valence-corrected chi connectivity index (χ4v) is 2.30. The number of nitrogens with two attached hydrogens (primary N) is 1. The Morgan fingerprint density at radius 1 is 1.50 bits per heavy atom. The number of nitrogen functional groups attached to an aromatic ring is 1. The highest BCUT2D eigenvalue weighted by atomic mass is 16.6. The lowest BCUT2D eigenvalue weighted by Crippen LogP contribution is -2.39. The van der Waals surface area contributed by atoms with E-state index in [0.717, 1.165) is 0 Å². The molecule has 1 aromatic rings. The maximum absolute atomic E-state index is 12.0. The number of aryl methyl sites for hydroxylation is 1. The lowest BCUT2D eigenvalue weighted by Gasteiger charge is -2.22. The summed E-state index contributed by atoms with van der Waals surface area (Å²) in [6.07, 6.45) is -2.15. The molecule has 124 valence electrons. The van der Waals surface area contributed by atoms with Crippen molar-refractivity contribution in [2.75, 3.05) is 32.7 Å². The van der Waals surface area contributed by atoms with E-state index >= 15 is 0 Å². The van der Waals surface area contributed by atoms with Crippen LogP contribution in [0.1, 0.15) is 11.8 Å². The monoisotopic (exact) mass is 315 g/mol. The summed E-state index contributed by atoms with van der Waals surface area (Å²) in [5.74, 6) is 0.135. The maximum Gasteiger partial charge on any atom is 0.351 e. The Morgan fingerprint density at radius 2 is 2.23 bits per heavy atom. The molecule has 1 aliphatic heterocycles. The average Bonchev–Trinajstić information content (AvgIpc) is 2.80. The van der Waals surface area contributed by atoms with Crippen molar-refractivity contribution >= 4 is 5.82 Å². The van der Waals surface area contributed by atoms with Crippen LogP contribution in [-0.2, 0) is 14.2 Å². The number of aliphatic hydroxyl groups excluding tert-OH is 2. The molecule has 0 bridgehead atoms. The molecule has 0 spiro atoms. The number of methoxy groups -OCH3 is 1. The summed E-state index contributed by atoms with van der Waals surface area (Å²) in [6, 6.07) is 0. The summed E-state index contributed by atoms with van der Waals surface area (Å²) in [6.45, 7) is 1.85. The van der Waals surface area contributed by atoms with Crippen molar-refractivity contribution in [3.05, 3.63) is 22.2 Å². The van der Waals surface area contributed by atoms with Gasteiger partial charge >= 0.3 is 5.69 Å². The van der Waals surface area contributed by atoms with E-state index in [1.165, 1.54) is 17.9 Å². The van der Waals surface area contributed by atoms with Gasteiger partial charge < -0.3 is 30.2 Å². The average molecular weight is 315 g/mol. The summed E-state index contributed by atoms with van der Waals surface area (Å²) < 4.78 is 17.2. The molecule has 0 aliphatic carbocycles. The molecule has 2 heterocycles. The van der Waals surface area contributed by atoms with Gasteiger partial charge in [-0.3, -0.25) is 4.57 Å². The van der Waals surface area contributed by atoms with Crippen LogP contribution in [0.15, 0.2) is 11.0 Å². The highest BCUT2D eigenvalue weighted by molar-refractivity contribution is 5.35. The third kappa shape index (κ3) is 3.28. The van der Waals surface area contributed by atoms with Crippen molar-refractivity contribution < 1.29 is 24.4 Å². The Hall–Kier alpha value is -1.52. The molecule has 0 saturated carbocycles. The van der Waals surface area contributed by atoms with Crippen LogP contribution in [0, 0.1) is 6.92 Å². The molecule has 0 unspecified atom stereocenters. The van der Waals surface area contributed by atoms with Gasteiger partial charge in [-0.05, 0) is 6.92 Å². The number of rotatable bonds is 6. The minimum atomic E-state index is -1.07. The van der Waals surface area contributed by atoms with Crippen LogP contribution in [0.2, 0.25) is 0 Å². The Bertz CT molecular complexity index is 563. The van der Waals surface area contributed by atoms with Crippen molar-refractivity contribution in [1.82, 2.24) is 9.55 Å². The summed E-state index contributed by atoms with van der Waals surface area (Å²) in [5, 5.41) is 19.5. The van der Waals surface area contributed by atoms with E-state index in [4.69, 9.17) is 19.9 Å². The standard InChI is InChI=1S/C13H21N3O6/c1-7-5-16(13(19)15-11(7)14)12-10(21-4-3-20-2)9(18)8(6-17)22-12/h5,8-10,12,17-18H,3-4,6H2,1-2H3,(H2,14,15,19)/t8-,9+,10+,12-/m1/s1. The van der Waals surface area contributed by atoms with Gasteiger partial charge in [-0.25, -0.2) is 4.79 Å². The maximum atomic E-state index is 12.0. The zero-order chi connectivity index (χ0) is 16.3. The number of hydrogen-bond acceptors (Lipinski definition) is 8. The van der Waals surface area contributed by atoms with Crippen molar-refractivity contribution in [1.29, 1.82) is 0 Å². The molecular formula is C13H21N3O6. The van der Waals surface area contributed by atoms with Crippen LogP contribution >= 0.6 is 0 Å². The van der Waals surface area contributed by atoms with Gasteiger partial charge in [0.25, 0.3) is 0 Å². The molecular weight excluding hydrogens is 294 g/mol. The number of ether oxygens (including phenoxy) is 3. The predicted molar refractivity (Wildman–Crippen MR) is 76.3 cm³/mol. The first-order valence-corrected chi connectivity index (χ1v) is 6.89. The first kappa shape index (κ1) is 16.8. The molecule has 9 nitrogen and oxygen atoms in total. The Balaban J connectivity index is 2.29. The molecule has 1 aliphatic rings. The van der Waals surface area contributed by atoms with Crippen LogP contribution in [0.5, 0.6) is 0 Å². The van der Waals surface area contributed by atoms with Crippen LogP contribution in [0.4, 0.5) is 5.82 Å². The highest BCUT2D eigenvalue weighted by Gasteiger charge is 2.45. The van der Waals surface area contributed by atoms with Crippen molar-refractivity contribution in [3.8, 4) is 0 Å². The Labute approximate surface area is 127 Å². The van der Waals surface area contributed by atoms with Crippen LogP contribution in [-0.4, -0.2) is 65.0 Å². The lowest BCUT2D eigenvalue weighted by molar-refractivity contribution is -0.0819. The largest absolute Gasteiger partial charge is 0.394 e. The molecule has 1 aromatic heterocycles. The van der Waals surface area contributed by atoms with Gasteiger partial charge in [0.05, 0.1) is 19.8 Å². The zero-order valence-corrected chi connectivity index (χ0v) is 12.5. The van der Waals surface area contributed by atoms with E-state index in [2.05, 4.69) is 4.98 Å². The van der Waals surface area contributed by atoms with E-state index in [-0.39, 0.29) is 12.4 Å². The summed E-state index contributed by atoms with van der Waals surface area (Å²) in [7, 11) is 1.52. The minimum absolute atomic E-state index is 0.135. The molecule has 0 radical (unpaired) electrons. The van der Waals surface area contributed by atoms with Crippen molar-refractivity contribution in [2.24, 2.45) is 0 Å². The first-order valence-electron chi connectivity index (χ1n) is 6.89. The quantitative estimate of drug-likeness (QED) is 0.536. The van der Waals surface area contributed by atoms with E-state index in [9.17, 15) is 15.0 Å². The lowest BCUT2D eigenvalue weighted by atomic mass is 10.1. The van der Waals surface area contributed by atoms with Gasteiger partial charge in [-0.1, -0.05) is 0 Å². The summed E-state index contributed by atoms with van der Waals surface area (Å²) in [4.78, 5) is 15.7. The fraction of sp³-hybridized carbons (Fsp3) is 0.692. The van der Waals surface area contributed by atoms with Gasteiger partial charge in [0.15, 0.2) is 6.23 Å². The summed E-state index contributed by atoms with van der Waals surface area (Å²) in [5.41, 5.74) is 5.59.